The highest BCUT2D eigenvalue weighted by molar-refractivity contribution is 5.87. The maximum Gasteiger partial charge on any atom is 0.358 e. The standard InChI is InChI=1S/C9H10N2O4/c1-5(12)11-3-2-6-7(4-11)15-10-8(6)9(13)14/h2-4H2,1H3,(H,13,14). The van der Waals surface area contributed by atoms with E-state index in [9.17, 15) is 9.59 Å². The Kier molecular flexibility index (Phi) is 2.18. The van der Waals surface area contributed by atoms with E-state index in [-0.39, 0.29) is 11.6 Å². The van der Waals surface area contributed by atoms with E-state index in [1.54, 1.807) is 4.90 Å². The van der Waals surface area contributed by atoms with Crippen molar-refractivity contribution in [2.45, 2.75) is 19.9 Å². The lowest BCUT2D eigenvalue weighted by molar-refractivity contribution is -0.130. The fourth-order valence-corrected chi connectivity index (χ4v) is 1.66. The molecule has 1 aliphatic rings. The predicted molar refractivity (Wildman–Crippen MR) is 48.3 cm³/mol. The van der Waals surface area contributed by atoms with Crippen molar-refractivity contribution < 1.29 is 19.2 Å². The van der Waals surface area contributed by atoms with Gasteiger partial charge in [0.1, 0.15) is 0 Å². The summed E-state index contributed by atoms with van der Waals surface area (Å²) in [7, 11) is 0. The van der Waals surface area contributed by atoms with Gasteiger partial charge in [0.15, 0.2) is 11.5 Å². The van der Waals surface area contributed by atoms with Gasteiger partial charge in [-0.05, 0) is 6.42 Å². The van der Waals surface area contributed by atoms with Crippen LogP contribution < -0.4 is 0 Å². The molecule has 0 saturated carbocycles. The lowest BCUT2D eigenvalue weighted by Crippen LogP contribution is -2.34. The number of carbonyl (C=O) groups is 2. The third-order valence-electron chi connectivity index (χ3n) is 2.48. The Morgan fingerprint density at radius 2 is 2.27 bits per heavy atom. The van der Waals surface area contributed by atoms with E-state index < -0.39 is 5.97 Å². The number of carboxylic acids is 1. The van der Waals surface area contributed by atoms with Crippen molar-refractivity contribution in [1.29, 1.82) is 0 Å². The van der Waals surface area contributed by atoms with Crippen LogP contribution in [-0.4, -0.2) is 33.6 Å². The van der Waals surface area contributed by atoms with E-state index in [1.807, 2.05) is 0 Å². The second kappa shape index (κ2) is 3.38. The van der Waals surface area contributed by atoms with Crippen LogP contribution in [0.3, 0.4) is 0 Å². The molecule has 1 N–H and O–H groups in total. The summed E-state index contributed by atoms with van der Waals surface area (Å²) >= 11 is 0. The van der Waals surface area contributed by atoms with Gasteiger partial charge in [0.05, 0.1) is 6.54 Å². The minimum Gasteiger partial charge on any atom is -0.476 e. The molecule has 0 atom stereocenters. The largest absolute Gasteiger partial charge is 0.476 e. The van der Waals surface area contributed by atoms with Gasteiger partial charge in [-0.25, -0.2) is 4.79 Å². The van der Waals surface area contributed by atoms with Crippen molar-refractivity contribution in [3.63, 3.8) is 0 Å². The third kappa shape index (κ3) is 1.58. The Bertz CT molecular complexity index is 424. The highest BCUT2D eigenvalue weighted by Crippen LogP contribution is 2.22. The molecular weight excluding hydrogens is 200 g/mol. The van der Waals surface area contributed by atoms with Gasteiger partial charge in [0.25, 0.3) is 0 Å². The molecule has 1 aliphatic heterocycles. The average molecular weight is 210 g/mol. The zero-order chi connectivity index (χ0) is 11.0. The molecule has 80 valence electrons. The molecule has 0 unspecified atom stereocenters. The molecular formula is C9H10N2O4. The van der Waals surface area contributed by atoms with Crippen molar-refractivity contribution in [2.24, 2.45) is 0 Å². The molecule has 2 rings (SSSR count). The third-order valence-corrected chi connectivity index (χ3v) is 2.48. The van der Waals surface area contributed by atoms with Crippen LogP contribution in [0.15, 0.2) is 4.52 Å². The van der Waals surface area contributed by atoms with Gasteiger partial charge in [0, 0.05) is 19.0 Å². The van der Waals surface area contributed by atoms with E-state index in [1.165, 1.54) is 6.92 Å². The van der Waals surface area contributed by atoms with E-state index in [0.717, 1.165) is 0 Å². The molecule has 0 radical (unpaired) electrons. The molecule has 0 saturated heterocycles. The number of fused-ring (bicyclic) bond motifs is 1. The number of aromatic nitrogens is 1. The van der Waals surface area contributed by atoms with Crippen LogP contribution in [0, 0.1) is 0 Å². The summed E-state index contributed by atoms with van der Waals surface area (Å²) in [5, 5.41) is 12.3. The Hall–Kier alpha value is -1.85. The summed E-state index contributed by atoms with van der Waals surface area (Å²) in [6.45, 7) is 2.30. The van der Waals surface area contributed by atoms with Gasteiger partial charge in [0.2, 0.25) is 5.91 Å². The first-order chi connectivity index (χ1) is 7.09. The van der Waals surface area contributed by atoms with Gasteiger partial charge in [-0.1, -0.05) is 5.16 Å². The Morgan fingerprint density at radius 1 is 1.53 bits per heavy atom. The van der Waals surface area contributed by atoms with Gasteiger partial charge in [-0.2, -0.15) is 0 Å². The summed E-state index contributed by atoms with van der Waals surface area (Å²) < 4.78 is 4.90. The lowest BCUT2D eigenvalue weighted by Gasteiger charge is -2.23. The summed E-state index contributed by atoms with van der Waals surface area (Å²) in [6.07, 6.45) is 0.486. The zero-order valence-electron chi connectivity index (χ0n) is 8.19. The van der Waals surface area contributed by atoms with Crippen LogP contribution in [0.2, 0.25) is 0 Å². The van der Waals surface area contributed by atoms with Crippen molar-refractivity contribution in [3.05, 3.63) is 17.0 Å². The van der Waals surface area contributed by atoms with E-state index in [0.29, 0.717) is 30.8 Å². The monoisotopic (exact) mass is 210 g/mol. The fourth-order valence-electron chi connectivity index (χ4n) is 1.66. The molecule has 15 heavy (non-hydrogen) atoms. The number of carboxylic acid groups (broad SMARTS) is 1. The molecule has 0 aromatic carbocycles. The summed E-state index contributed by atoms with van der Waals surface area (Å²) in [5.74, 6) is -0.654. The summed E-state index contributed by atoms with van der Waals surface area (Å²) in [4.78, 5) is 23.4. The zero-order valence-corrected chi connectivity index (χ0v) is 8.19. The van der Waals surface area contributed by atoms with E-state index >= 15 is 0 Å². The first-order valence-electron chi connectivity index (χ1n) is 4.56. The Morgan fingerprint density at radius 3 is 2.87 bits per heavy atom. The van der Waals surface area contributed by atoms with Gasteiger partial charge in [-0.15, -0.1) is 0 Å². The minimum absolute atomic E-state index is 0.0341. The van der Waals surface area contributed by atoms with Crippen molar-refractivity contribution in [1.82, 2.24) is 10.1 Å². The summed E-state index contributed by atoms with van der Waals surface area (Å²) in [5.41, 5.74) is 0.577. The van der Waals surface area contributed by atoms with Crippen molar-refractivity contribution in [2.75, 3.05) is 6.54 Å². The summed E-state index contributed by atoms with van der Waals surface area (Å²) in [6, 6.07) is 0. The number of hydrogen-bond acceptors (Lipinski definition) is 4. The minimum atomic E-state index is -1.09. The number of hydrogen-bond donors (Lipinski definition) is 1. The molecule has 0 aliphatic carbocycles. The molecule has 1 aromatic rings. The number of carbonyl (C=O) groups excluding carboxylic acids is 1. The maximum absolute atomic E-state index is 11.1. The van der Waals surface area contributed by atoms with Crippen LogP contribution in [0.4, 0.5) is 0 Å². The smallest absolute Gasteiger partial charge is 0.358 e. The molecule has 1 amide bonds. The van der Waals surface area contributed by atoms with E-state index in [4.69, 9.17) is 9.63 Å². The molecule has 1 aromatic heterocycles. The average Bonchev–Trinajstić information content (AvgIpc) is 2.59. The number of aromatic carboxylic acids is 1. The second-order valence-corrected chi connectivity index (χ2v) is 3.43. The van der Waals surface area contributed by atoms with Gasteiger partial charge >= 0.3 is 5.97 Å². The molecule has 0 spiro atoms. The SMILES string of the molecule is CC(=O)N1CCc2c(C(=O)O)noc2C1. The molecule has 2 heterocycles. The Labute approximate surface area is 85.5 Å². The van der Waals surface area contributed by atoms with Crippen LogP contribution in [-0.2, 0) is 17.8 Å². The van der Waals surface area contributed by atoms with Crippen LogP contribution in [0.5, 0.6) is 0 Å². The molecule has 6 nitrogen and oxygen atoms in total. The Balaban J connectivity index is 2.30. The highest BCUT2D eigenvalue weighted by Gasteiger charge is 2.27. The number of rotatable bonds is 1. The second-order valence-electron chi connectivity index (χ2n) is 3.43. The van der Waals surface area contributed by atoms with Crippen LogP contribution in [0.25, 0.3) is 0 Å². The number of nitrogens with zero attached hydrogens (tertiary/aromatic N) is 2. The first kappa shape index (κ1) is 9.70. The van der Waals surface area contributed by atoms with E-state index in [2.05, 4.69) is 5.16 Å². The topological polar surface area (TPSA) is 83.6 Å². The predicted octanol–water partition coefficient (Wildman–Crippen LogP) is 0.277. The number of amides is 1. The maximum atomic E-state index is 11.1. The van der Waals surface area contributed by atoms with Gasteiger partial charge in [-0.3, -0.25) is 4.79 Å². The van der Waals surface area contributed by atoms with Crippen LogP contribution >= 0.6 is 0 Å². The molecule has 0 bridgehead atoms. The van der Waals surface area contributed by atoms with Crippen molar-refractivity contribution >= 4 is 11.9 Å². The highest BCUT2D eigenvalue weighted by atomic mass is 16.5. The fraction of sp³-hybridized carbons (Fsp3) is 0.444. The molecule has 6 heteroatoms. The van der Waals surface area contributed by atoms with Gasteiger partial charge < -0.3 is 14.5 Å². The first-order valence-corrected chi connectivity index (χ1v) is 4.56. The van der Waals surface area contributed by atoms with Crippen LogP contribution in [0.1, 0.15) is 28.7 Å². The lowest BCUT2D eigenvalue weighted by atomic mass is 10.1. The quantitative estimate of drug-likeness (QED) is 0.719. The van der Waals surface area contributed by atoms with Crippen molar-refractivity contribution in [3.8, 4) is 0 Å². The normalized spacial score (nSPS) is 14.9. The molecule has 0 fully saturated rings.